The van der Waals surface area contributed by atoms with Gasteiger partial charge in [-0.05, 0) is 0 Å². The second-order valence-corrected chi connectivity index (χ2v) is 0. The molecule has 0 bridgehead atoms. The van der Waals surface area contributed by atoms with Crippen LogP contribution in [-0.4, -0.2) is 68.3 Å². The molecule has 0 aromatic rings. The summed E-state index contributed by atoms with van der Waals surface area (Å²) in [4.78, 5) is 0. The van der Waals surface area contributed by atoms with Crippen molar-refractivity contribution in [1.29, 1.82) is 0 Å². The van der Waals surface area contributed by atoms with Crippen LogP contribution in [0.25, 0.3) is 0 Å². The monoisotopic (exact) mass is 661 g/mol. The third kappa shape index (κ3) is 36.1. The van der Waals surface area contributed by atoms with Crippen molar-refractivity contribution in [3.63, 3.8) is 0 Å². The molecule has 0 fully saturated rings. The van der Waals surface area contributed by atoms with Gasteiger partial charge < -0.3 is 0 Å². The Morgan fingerprint density at radius 2 is 0.286 bits per heavy atom. The fourth-order valence-corrected chi connectivity index (χ4v) is 0. The SMILES string of the molecule is [Cd].[Cd].[Cd].[Se].[Se].[Se].[Se]. The van der Waals surface area contributed by atoms with Gasteiger partial charge in [0.15, 0.2) is 0 Å². The molecule has 0 heterocycles. The normalized spacial score (nSPS) is 0. The molecule has 0 spiro atoms. The van der Waals surface area contributed by atoms with Crippen LogP contribution in [0.3, 0.4) is 0 Å². The Hall–Kier alpha value is 4.84. The number of rotatable bonds is 0. The zero-order valence-electron chi connectivity index (χ0n) is 3.75. The van der Waals surface area contributed by atoms with E-state index >= 15 is 0 Å². The summed E-state index contributed by atoms with van der Waals surface area (Å²) in [5, 5.41) is 0. The molecule has 0 aromatic carbocycles. The maximum Gasteiger partial charge on any atom is 0 e. The van der Waals surface area contributed by atoms with Gasteiger partial charge in [-0.3, -0.25) is 0 Å². The summed E-state index contributed by atoms with van der Waals surface area (Å²) in [5.74, 6) is 0. The predicted molar refractivity (Wildman–Crippen MR) is 23.0 cm³/mol. The van der Waals surface area contributed by atoms with E-state index < -0.39 is 0 Å². The zero-order valence-corrected chi connectivity index (χ0v) is 22.7. The maximum absolute atomic E-state index is 0. The summed E-state index contributed by atoms with van der Waals surface area (Å²) in [7, 11) is 0. The summed E-state index contributed by atoms with van der Waals surface area (Å²) < 4.78 is 0. The van der Waals surface area contributed by atoms with Crippen LogP contribution in [0.2, 0.25) is 0 Å². The van der Waals surface area contributed by atoms with E-state index in [-0.39, 0.29) is 150 Å². The van der Waals surface area contributed by atoms with E-state index in [4.69, 9.17) is 0 Å². The molecule has 8 radical (unpaired) electrons. The molecule has 0 unspecified atom stereocenters. The van der Waals surface area contributed by atoms with Gasteiger partial charge in [0.25, 0.3) is 0 Å². The number of hydrogen-bond acceptors (Lipinski definition) is 0. The minimum Gasteiger partial charge on any atom is 0 e. The number of hydrogen-bond donors (Lipinski definition) is 0. The Morgan fingerprint density at radius 1 is 0.286 bits per heavy atom. The summed E-state index contributed by atoms with van der Waals surface area (Å²) >= 11 is 0. The van der Waals surface area contributed by atoms with Gasteiger partial charge in [-0.1, -0.05) is 0 Å². The largest absolute Gasteiger partial charge is 0 e. The molecule has 0 saturated carbocycles. The van der Waals surface area contributed by atoms with Gasteiger partial charge in [0, 0.05) is 150 Å². The predicted octanol–water partition coefficient (Wildman–Crippen LogP) is -1.53. The minimum absolute atomic E-state index is 0. The fourth-order valence-electron chi connectivity index (χ4n) is 0. The zero-order chi connectivity index (χ0) is 0. The van der Waals surface area contributed by atoms with Crippen molar-refractivity contribution >= 4 is 68.3 Å². The van der Waals surface area contributed by atoms with Gasteiger partial charge in [-0.15, -0.1) is 0 Å². The van der Waals surface area contributed by atoms with Crippen LogP contribution in [0.15, 0.2) is 0 Å². The molecule has 0 N–H and O–H groups in total. The molecule has 7 heteroatoms. The molecule has 7 heavy (non-hydrogen) atoms. The summed E-state index contributed by atoms with van der Waals surface area (Å²) in [6.45, 7) is 0. The van der Waals surface area contributed by atoms with E-state index in [1.807, 2.05) is 0 Å². The first-order chi connectivity index (χ1) is 0. The fraction of sp³-hybridized carbons (Fsp3) is 0. The first-order valence-corrected chi connectivity index (χ1v) is 0. The smallest absolute Gasteiger partial charge is 0 e. The van der Waals surface area contributed by atoms with Gasteiger partial charge in [-0.2, -0.15) is 0 Å². The summed E-state index contributed by atoms with van der Waals surface area (Å²) in [6.07, 6.45) is 0. The van der Waals surface area contributed by atoms with Crippen LogP contribution >= 0.6 is 0 Å². The van der Waals surface area contributed by atoms with Crippen LogP contribution in [0, 0.1) is 0 Å². The third-order valence-corrected chi connectivity index (χ3v) is 0. The van der Waals surface area contributed by atoms with E-state index in [0.717, 1.165) is 0 Å². The van der Waals surface area contributed by atoms with Gasteiger partial charge in [0.2, 0.25) is 0 Å². The second-order valence-electron chi connectivity index (χ2n) is 0. The average Bonchev–Trinajstić information content (AvgIpc) is 0. The Morgan fingerprint density at radius 3 is 0.286 bits per heavy atom. The Bertz CT molecular complexity index is 6.90. The van der Waals surface area contributed by atoms with Crippen LogP contribution < -0.4 is 0 Å². The van der Waals surface area contributed by atoms with Gasteiger partial charge in [0.05, 0.1) is 0 Å². The maximum atomic E-state index is 0. The topological polar surface area (TPSA) is 0 Å². The van der Waals surface area contributed by atoms with Crippen molar-refractivity contribution in [1.82, 2.24) is 0 Å². The quantitative estimate of drug-likeness (QED) is 0.279. The van der Waals surface area contributed by atoms with Crippen LogP contribution in [-0.2, 0) is 81.9 Å². The van der Waals surface area contributed by atoms with E-state index in [0.29, 0.717) is 0 Å². The first kappa shape index (κ1) is 59.4. The molecule has 0 aliphatic heterocycles. The summed E-state index contributed by atoms with van der Waals surface area (Å²) in [6, 6.07) is 0. The molecule has 0 aliphatic carbocycles. The third-order valence-electron chi connectivity index (χ3n) is 0. The molecule has 0 rings (SSSR count). The van der Waals surface area contributed by atoms with Crippen molar-refractivity contribution < 1.29 is 81.9 Å². The Kier molecular flexibility index (Phi) is 380. The van der Waals surface area contributed by atoms with Crippen LogP contribution in [0.4, 0.5) is 0 Å². The van der Waals surface area contributed by atoms with Gasteiger partial charge in [0.1, 0.15) is 0 Å². The molecule has 0 nitrogen and oxygen atoms in total. The van der Waals surface area contributed by atoms with Gasteiger partial charge in [-0.25, -0.2) is 0 Å². The molecule has 30 valence electrons. The Balaban J connectivity index is 0. The van der Waals surface area contributed by atoms with Gasteiger partial charge >= 0.3 is 0 Å². The first-order valence-electron chi connectivity index (χ1n) is 0. The van der Waals surface area contributed by atoms with Crippen molar-refractivity contribution in [3.8, 4) is 0 Å². The van der Waals surface area contributed by atoms with Crippen molar-refractivity contribution in [2.45, 2.75) is 0 Å². The van der Waals surface area contributed by atoms with Crippen LogP contribution in [0.5, 0.6) is 0 Å². The molecule has 0 saturated heterocycles. The second kappa shape index (κ2) is 44.8. The van der Waals surface area contributed by atoms with E-state index in [9.17, 15) is 0 Å². The molecular formula is Cd3Se4. The minimum atomic E-state index is 0. The average molecular weight is 653 g/mol. The summed E-state index contributed by atoms with van der Waals surface area (Å²) in [5.41, 5.74) is 0. The van der Waals surface area contributed by atoms with Crippen molar-refractivity contribution in [3.05, 3.63) is 0 Å². The standard InChI is InChI=1S/3Cd.4Se. The Labute approximate surface area is 147 Å². The van der Waals surface area contributed by atoms with E-state index in [1.165, 1.54) is 0 Å². The van der Waals surface area contributed by atoms with E-state index in [1.54, 1.807) is 0 Å². The molecule has 0 amide bonds. The van der Waals surface area contributed by atoms with Crippen molar-refractivity contribution in [2.24, 2.45) is 0 Å². The molecule has 0 aromatic heterocycles. The van der Waals surface area contributed by atoms with Crippen molar-refractivity contribution in [2.75, 3.05) is 0 Å². The van der Waals surface area contributed by atoms with E-state index in [2.05, 4.69) is 0 Å². The molecular weight excluding hydrogens is 653 g/mol. The molecule has 0 aliphatic rings. The van der Waals surface area contributed by atoms with Crippen LogP contribution in [0.1, 0.15) is 0 Å². The molecule has 0 atom stereocenters.